The van der Waals surface area contributed by atoms with E-state index >= 15 is 0 Å². The van der Waals surface area contributed by atoms with Crippen molar-refractivity contribution < 1.29 is 9.90 Å². The Kier molecular flexibility index (Phi) is 6.67. The third-order valence-corrected chi connectivity index (χ3v) is 0.494. The van der Waals surface area contributed by atoms with E-state index in [4.69, 9.17) is 5.11 Å². The van der Waals surface area contributed by atoms with Gasteiger partial charge in [0.2, 0.25) is 0 Å². The predicted molar refractivity (Wildman–Crippen MR) is 32.4 cm³/mol. The second-order valence-electron chi connectivity index (χ2n) is 1.49. The number of carboxylic acid groups (broad SMARTS) is 1. The van der Waals surface area contributed by atoms with E-state index in [-0.39, 0.29) is 32.1 Å². The minimum absolute atomic E-state index is 0. The van der Waals surface area contributed by atoms with Crippen LogP contribution in [0.3, 0.4) is 0 Å². The predicted octanol–water partition coefficient (Wildman–Crippen LogP) is -0.457. The summed E-state index contributed by atoms with van der Waals surface area (Å²) in [4.78, 5) is 9.70. The van der Waals surface area contributed by atoms with Crippen LogP contribution in [0.2, 0.25) is 0 Å². The second-order valence-corrected chi connectivity index (χ2v) is 1.49. The van der Waals surface area contributed by atoms with E-state index in [2.05, 4.69) is 0 Å². The fourth-order valence-electron chi connectivity index (χ4n) is 0. The monoisotopic (exact) mass is 300 g/mol. The fraction of sp³-hybridized carbons (Fsp3) is 0.750. The normalized spacial score (nSPS) is 7.86. The summed E-state index contributed by atoms with van der Waals surface area (Å²) >= 11 is 0. The van der Waals surface area contributed by atoms with Crippen LogP contribution in [0.1, 0.15) is 13.8 Å². The number of aliphatic carboxylic acids is 1. The molecule has 1 N–H and O–H groups in total. The maximum absolute atomic E-state index is 9.70. The van der Waals surface area contributed by atoms with E-state index in [0.717, 1.165) is 0 Å². The molecule has 0 aromatic carbocycles. The number of carbonyl (C=O) groups is 1. The summed E-state index contributed by atoms with van der Waals surface area (Å²) in [6.07, 6.45) is 0. The van der Waals surface area contributed by atoms with E-state index in [1.54, 1.807) is 13.8 Å². The number of hydrogen-bond donors (Lipinski definition) is 1. The van der Waals surface area contributed by atoms with Crippen molar-refractivity contribution in [1.29, 1.82) is 0 Å². The van der Waals surface area contributed by atoms with Gasteiger partial charge < -0.3 is 5.11 Å². The molecule has 0 aliphatic heterocycles. The molecule has 0 saturated heterocycles. The van der Waals surface area contributed by atoms with E-state index < -0.39 is 5.97 Å². The van der Waals surface area contributed by atoms with Gasteiger partial charge in [-0.1, -0.05) is 13.8 Å². The zero-order valence-electron chi connectivity index (χ0n) is 4.64. The van der Waals surface area contributed by atoms with Gasteiger partial charge in [-0.25, -0.2) is 0 Å². The molecule has 3 heteroatoms. The van der Waals surface area contributed by atoms with Crippen molar-refractivity contribution in [2.24, 2.45) is 5.92 Å². The van der Waals surface area contributed by atoms with Crippen molar-refractivity contribution in [2.45, 2.75) is 13.8 Å². The Hall–Kier alpha value is 0.353. The molecule has 44 valence electrons. The van der Waals surface area contributed by atoms with Crippen molar-refractivity contribution in [3.63, 3.8) is 0 Å². The first-order valence-corrected chi connectivity index (χ1v) is 1.87. The Balaban J connectivity index is 0. The van der Waals surface area contributed by atoms with Gasteiger partial charge in [-0.3, -0.25) is 4.79 Å². The summed E-state index contributed by atoms with van der Waals surface area (Å²) in [7, 11) is 0. The second kappa shape index (κ2) is 4.51. The van der Waals surface area contributed by atoms with Crippen LogP contribution in [0, 0.1) is 5.92 Å². The average Bonchev–Trinajstić information content (AvgIpc) is 1.36. The Morgan fingerprint density at radius 1 is 1.57 bits per heavy atom. The van der Waals surface area contributed by atoms with Crippen molar-refractivity contribution in [3.05, 3.63) is 0 Å². The Morgan fingerprint density at radius 2 is 1.71 bits per heavy atom. The van der Waals surface area contributed by atoms with Crippen molar-refractivity contribution >= 4 is 32.2 Å². The molecule has 0 saturated carbocycles. The Labute approximate surface area is 62.0 Å². The molecule has 0 aromatic rings. The van der Waals surface area contributed by atoms with Gasteiger partial charge >= 0.3 is 32.2 Å². The summed E-state index contributed by atoms with van der Waals surface area (Å²) in [6, 6.07) is 0. The molecule has 0 aliphatic rings. The van der Waals surface area contributed by atoms with Gasteiger partial charge in [0.25, 0.3) is 0 Å². The van der Waals surface area contributed by atoms with E-state index in [0.29, 0.717) is 0 Å². The molecule has 2 nitrogen and oxygen atoms in total. The molecule has 0 fully saturated rings. The molecule has 0 amide bonds. The van der Waals surface area contributed by atoms with Crippen molar-refractivity contribution in [2.75, 3.05) is 0 Å². The van der Waals surface area contributed by atoms with Gasteiger partial charge in [0.05, 0.1) is 5.92 Å². The van der Waals surface area contributed by atoms with Crippen molar-refractivity contribution in [1.82, 2.24) is 0 Å². The van der Waals surface area contributed by atoms with E-state index in [9.17, 15) is 4.79 Å². The summed E-state index contributed by atoms with van der Waals surface area (Å²) in [5.74, 6) is -0.972. The molecule has 0 aromatic heterocycles. The molecule has 0 aliphatic carbocycles. The minimum atomic E-state index is -0.741. The molecule has 0 radical (unpaired) electrons. The average molecular weight is 300 g/mol. The van der Waals surface area contributed by atoms with Crippen LogP contribution >= 0.6 is 0 Å². The van der Waals surface area contributed by atoms with Gasteiger partial charge in [-0.2, -0.15) is 0 Å². The summed E-state index contributed by atoms with van der Waals surface area (Å²) in [6.45, 7) is 3.28. The zero-order valence-corrected chi connectivity index (χ0v) is 10.1. The van der Waals surface area contributed by atoms with Crippen LogP contribution < -0.4 is 0 Å². The van der Waals surface area contributed by atoms with Gasteiger partial charge in [0, 0.05) is 0 Å². The topological polar surface area (TPSA) is 37.3 Å². The first kappa shape index (κ1) is 10.4. The van der Waals surface area contributed by atoms with Gasteiger partial charge in [0.15, 0.2) is 0 Å². The Morgan fingerprint density at radius 3 is 1.71 bits per heavy atom. The van der Waals surface area contributed by atoms with Gasteiger partial charge in [0.1, 0.15) is 0 Å². The fourth-order valence-corrected chi connectivity index (χ4v) is 0. The number of rotatable bonds is 1. The molecular weight excluding hydrogens is 289 g/mol. The summed E-state index contributed by atoms with van der Waals surface area (Å²) in [5, 5.41) is 7.99. The van der Waals surface area contributed by atoms with Gasteiger partial charge in [-0.15, -0.1) is 0 Å². The third kappa shape index (κ3) is 6.35. The van der Waals surface area contributed by atoms with Crippen molar-refractivity contribution in [3.8, 4) is 0 Å². The van der Waals surface area contributed by atoms with Crippen LogP contribution in [-0.2, 0) is 4.79 Å². The molecule has 0 spiro atoms. The van der Waals surface area contributed by atoms with Crippen LogP contribution in [0.5, 0.6) is 0 Å². The van der Waals surface area contributed by atoms with Crippen LogP contribution in [0.15, 0.2) is 0 Å². The van der Waals surface area contributed by atoms with Crippen LogP contribution in [0.25, 0.3) is 0 Å². The standard InChI is InChI=1S/C4H8O2.Bi.3H/c1-3(2)4(5)6;;;;/h3H,1-2H3,(H,5,6);;;;. The number of carboxylic acids is 1. The first-order chi connectivity index (χ1) is 2.64. The molecule has 7 heavy (non-hydrogen) atoms. The molecule has 0 atom stereocenters. The number of hydrogen-bond acceptors (Lipinski definition) is 1. The van der Waals surface area contributed by atoms with Crippen LogP contribution in [0.4, 0.5) is 0 Å². The zero-order chi connectivity index (χ0) is 5.15. The molecule has 0 bridgehead atoms. The van der Waals surface area contributed by atoms with E-state index in [1.807, 2.05) is 0 Å². The van der Waals surface area contributed by atoms with Gasteiger partial charge in [-0.05, 0) is 0 Å². The Bertz CT molecular complexity index is 60.7. The molecular formula is C4H11BiO2. The quantitative estimate of drug-likeness (QED) is 0.666. The SMILES string of the molecule is CC(C)C(=O)O.[BiH3]. The first-order valence-electron chi connectivity index (χ1n) is 1.87. The maximum atomic E-state index is 9.70. The summed E-state index contributed by atoms with van der Waals surface area (Å²) in [5.41, 5.74) is 0. The molecule has 0 unspecified atom stereocenters. The third-order valence-electron chi connectivity index (χ3n) is 0.494. The summed E-state index contributed by atoms with van der Waals surface area (Å²) < 4.78 is 0. The molecule has 0 rings (SSSR count). The van der Waals surface area contributed by atoms with Crippen LogP contribution in [-0.4, -0.2) is 37.3 Å². The molecule has 0 heterocycles. The van der Waals surface area contributed by atoms with E-state index in [1.165, 1.54) is 0 Å².